The molecule has 3 heterocycles. The molecule has 9 nitrogen and oxygen atoms in total. The molecule has 2 aliphatic heterocycles. The second-order valence-electron chi connectivity index (χ2n) is 12.4. The third-order valence-electron chi connectivity index (χ3n) is 7.77. The van der Waals surface area contributed by atoms with E-state index in [1.807, 2.05) is 0 Å². The number of carbonyl (C=O) groups is 1. The number of thioether (sulfide) groups is 1. The number of rotatable bonds is 4. The molecule has 2 N–H and O–H groups in total. The molecule has 1 saturated heterocycles. The van der Waals surface area contributed by atoms with Gasteiger partial charge in [-0.2, -0.15) is 18.2 Å². The maximum absolute atomic E-state index is 15.2. The molecule has 1 aromatic heterocycles. The number of alkyl halides is 3. The van der Waals surface area contributed by atoms with E-state index >= 15 is 4.39 Å². The number of anilines is 2. The molecule has 0 spiro atoms. The average Bonchev–Trinajstić information content (AvgIpc) is 2.91. The Hall–Kier alpha value is -3.59. The van der Waals surface area contributed by atoms with Crippen LogP contribution in [0.15, 0.2) is 27.9 Å². The van der Waals surface area contributed by atoms with Crippen LogP contribution in [-0.2, 0) is 15.7 Å². The van der Waals surface area contributed by atoms with E-state index in [-0.39, 0.29) is 47.1 Å². The molecule has 0 radical (unpaired) electrons. The van der Waals surface area contributed by atoms with Crippen LogP contribution in [0.3, 0.4) is 0 Å². The molecule has 5 rings (SSSR count). The number of nitrogen functional groups attached to an aromatic ring is 1. The highest BCUT2D eigenvalue weighted by atomic mass is 32.2. The lowest BCUT2D eigenvalue weighted by Gasteiger charge is -2.45. The molecule has 2 aromatic carbocycles. The fourth-order valence-corrected chi connectivity index (χ4v) is 7.38. The topological polar surface area (TPSA) is 103 Å². The number of nitrogens with two attached hydrogens (primary N) is 1. The van der Waals surface area contributed by atoms with Crippen LogP contribution < -0.4 is 16.3 Å². The molecule has 1 amide bonds. The summed E-state index contributed by atoms with van der Waals surface area (Å²) in [5.74, 6) is -2.20. The Morgan fingerprint density at radius 3 is 2.31 bits per heavy atom. The third kappa shape index (κ3) is 6.03. The van der Waals surface area contributed by atoms with E-state index < -0.39 is 75.7 Å². The number of hydrogen-bond donors (Lipinski definition) is 1. The summed E-state index contributed by atoms with van der Waals surface area (Å²) in [6.07, 6.45) is -5.51. The molecule has 0 saturated carbocycles. The van der Waals surface area contributed by atoms with E-state index in [0.29, 0.717) is 6.07 Å². The predicted molar refractivity (Wildman–Crippen MR) is 162 cm³/mol. The zero-order chi connectivity index (χ0) is 33.2. The lowest BCUT2D eigenvalue weighted by atomic mass is 9.95. The Kier molecular flexibility index (Phi) is 8.49. The fourth-order valence-electron chi connectivity index (χ4n) is 6.07. The van der Waals surface area contributed by atoms with E-state index in [2.05, 4.69) is 4.98 Å². The Bertz CT molecular complexity index is 1710. The van der Waals surface area contributed by atoms with Crippen molar-refractivity contribution in [2.24, 2.45) is 0 Å². The van der Waals surface area contributed by atoms with Crippen LogP contribution in [0.4, 0.5) is 38.3 Å². The number of ether oxygens (including phenoxy) is 2. The summed E-state index contributed by atoms with van der Waals surface area (Å²) in [5, 5.41) is 0.0228. The number of carbonyl (C=O) groups excluding carboxylic acids is 1. The number of nitrogens with zero attached hydrogens (tertiary/aromatic N) is 4. The largest absolute Gasteiger partial charge is 0.444 e. The summed E-state index contributed by atoms with van der Waals surface area (Å²) in [6, 6.07) is 0.645. The molecule has 244 valence electrons. The van der Waals surface area contributed by atoms with Crippen molar-refractivity contribution in [3.8, 4) is 11.1 Å². The number of hydrogen-bond acceptors (Lipinski definition) is 8. The van der Waals surface area contributed by atoms with E-state index in [9.17, 15) is 27.2 Å². The van der Waals surface area contributed by atoms with Crippen LogP contribution in [0.2, 0.25) is 0 Å². The normalized spacial score (nSPS) is 20.6. The van der Waals surface area contributed by atoms with Crippen molar-refractivity contribution < 1.29 is 36.2 Å². The Balaban J connectivity index is 1.77. The van der Waals surface area contributed by atoms with Gasteiger partial charge in [-0.25, -0.2) is 18.4 Å². The van der Waals surface area contributed by atoms with E-state index in [4.69, 9.17) is 15.2 Å². The molecule has 3 aromatic rings. The van der Waals surface area contributed by atoms with Crippen molar-refractivity contribution >= 4 is 40.3 Å². The Morgan fingerprint density at radius 1 is 1.09 bits per heavy atom. The summed E-state index contributed by atoms with van der Waals surface area (Å²) >= 11 is 1.02. The van der Waals surface area contributed by atoms with Gasteiger partial charge in [0, 0.05) is 53.4 Å². The highest BCUT2D eigenvalue weighted by molar-refractivity contribution is 7.99. The van der Waals surface area contributed by atoms with Gasteiger partial charge < -0.3 is 20.1 Å². The zero-order valence-corrected chi connectivity index (χ0v) is 26.4. The molecule has 3 atom stereocenters. The third-order valence-corrected chi connectivity index (χ3v) is 9.01. The van der Waals surface area contributed by atoms with Gasteiger partial charge in [0.1, 0.15) is 23.1 Å². The van der Waals surface area contributed by atoms with Crippen molar-refractivity contribution in [2.45, 2.75) is 69.4 Å². The van der Waals surface area contributed by atoms with E-state index in [1.54, 1.807) is 44.4 Å². The van der Waals surface area contributed by atoms with Crippen molar-refractivity contribution in [3.63, 3.8) is 0 Å². The maximum atomic E-state index is 15.2. The lowest BCUT2D eigenvalue weighted by molar-refractivity contribution is -0.137. The smallest absolute Gasteiger partial charge is 0.417 e. The average molecular weight is 656 g/mol. The van der Waals surface area contributed by atoms with Crippen molar-refractivity contribution in [1.29, 1.82) is 0 Å². The van der Waals surface area contributed by atoms with Crippen molar-refractivity contribution in [1.82, 2.24) is 14.5 Å². The molecule has 0 aliphatic carbocycles. The standard InChI is InChI=1S/C30H34F5N5O4S/c1-14-10-38(11-15(2)39(14)28(42)44-29(3,4)5)26-18-7-19(30(33,34)35)23(17-8-22(36)21(32)9-20(17)31)25-24(18)40(27(41)37-26)16(12-43-6)13-45-25/h7-9,14-16H,10-13,36H2,1-6H3. The van der Waals surface area contributed by atoms with Crippen LogP contribution in [-0.4, -0.2) is 70.8 Å². The number of methoxy groups -OCH3 is 1. The first-order valence-electron chi connectivity index (χ1n) is 14.3. The minimum Gasteiger partial charge on any atom is -0.444 e. The molecule has 2 aliphatic rings. The summed E-state index contributed by atoms with van der Waals surface area (Å²) in [4.78, 5) is 34.2. The summed E-state index contributed by atoms with van der Waals surface area (Å²) in [7, 11) is 1.44. The minimum absolute atomic E-state index is 0.00449. The first kappa shape index (κ1) is 32.8. The highest BCUT2D eigenvalue weighted by Gasteiger charge is 2.41. The quantitative estimate of drug-likeness (QED) is 0.267. The van der Waals surface area contributed by atoms with Gasteiger partial charge in [-0.05, 0) is 46.8 Å². The van der Waals surface area contributed by atoms with E-state index in [1.165, 1.54) is 11.7 Å². The molecule has 1 fully saturated rings. The minimum atomic E-state index is -4.98. The summed E-state index contributed by atoms with van der Waals surface area (Å²) in [5.41, 5.74) is 1.56. The van der Waals surface area contributed by atoms with Gasteiger partial charge in [-0.3, -0.25) is 9.47 Å². The molecular formula is C30H34F5N5O4S. The number of benzene rings is 2. The van der Waals surface area contributed by atoms with Gasteiger partial charge in [0.25, 0.3) is 0 Å². The van der Waals surface area contributed by atoms with Gasteiger partial charge in [0.15, 0.2) is 0 Å². The van der Waals surface area contributed by atoms with Gasteiger partial charge >= 0.3 is 18.0 Å². The second kappa shape index (κ2) is 11.6. The first-order chi connectivity index (χ1) is 20.9. The summed E-state index contributed by atoms with van der Waals surface area (Å²) < 4.78 is 86.0. The summed E-state index contributed by atoms with van der Waals surface area (Å²) in [6.45, 7) is 9.14. The Labute approximate surface area is 260 Å². The number of aromatic nitrogens is 2. The van der Waals surface area contributed by atoms with Crippen LogP contribution in [0, 0.1) is 11.6 Å². The molecular weight excluding hydrogens is 621 g/mol. The highest BCUT2D eigenvalue weighted by Crippen LogP contribution is 2.50. The van der Waals surface area contributed by atoms with Gasteiger partial charge in [0.2, 0.25) is 0 Å². The maximum Gasteiger partial charge on any atom is 0.417 e. The van der Waals surface area contributed by atoms with Crippen LogP contribution in [0.25, 0.3) is 22.0 Å². The molecule has 0 bridgehead atoms. The van der Waals surface area contributed by atoms with Crippen LogP contribution >= 0.6 is 11.8 Å². The SMILES string of the molecule is COCC1CSc2c(-c3cc(N)c(F)cc3F)c(C(F)(F)F)cc3c(N4CC(C)N(C(=O)OC(C)(C)C)C(C)C4)nc(=O)n1c23. The zero-order valence-electron chi connectivity index (χ0n) is 25.6. The van der Waals surface area contributed by atoms with Crippen molar-refractivity contribution in [2.75, 3.05) is 43.2 Å². The number of halogens is 5. The second-order valence-corrected chi connectivity index (χ2v) is 13.4. The van der Waals surface area contributed by atoms with Crippen molar-refractivity contribution in [3.05, 3.63) is 45.9 Å². The molecule has 3 unspecified atom stereocenters. The van der Waals surface area contributed by atoms with Gasteiger partial charge in [-0.1, -0.05) is 0 Å². The first-order valence-corrected chi connectivity index (χ1v) is 15.2. The van der Waals surface area contributed by atoms with Crippen LogP contribution in [0.1, 0.15) is 46.2 Å². The van der Waals surface area contributed by atoms with Crippen LogP contribution in [0.5, 0.6) is 0 Å². The number of piperazine rings is 1. The Morgan fingerprint density at radius 2 is 1.73 bits per heavy atom. The monoisotopic (exact) mass is 655 g/mol. The number of amides is 1. The molecule has 45 heavy (non-hydrogen) atoms. The lowest BCUT2D eigenvalue weighted by Crippen LogP contribution is -2.60. The fraction of sp³-hybridized carbons (Fsp3) is 0.500. The predicted octanol–water partition coefficient (Wildman–Crippen LogP) is 6.07. The van der Waals surface area contributed by atoms with Gasteiger partial charge in [-0.15, -0.1) is 11.8 Å². The molecule has 15 heteroatoms. The van der Waals surface area contributed by atoms with Gasteiger partial charge in [0.05, 0.1) is 41.5 Å². The van der Waals surface area contributed by atoms with E-state index in [0.717, 1.165) is 23.9 Å².